The van der Waals surface area contributed by atoms with Gasteiger partial charge in [0.25, 0.3) is 0 Å². The normalized spacial score (nSPS) is 35.8. The van der Waals surface area contributed by atoms with Crippen LogP contribution in [0.2, 0.25) is 0 Å². The Balaban J connectivity index is 1.55. The molecule has 5 atom stereocenters. The predicted octanol–water partition coefficient (Wildman–Crippen LogP) is 0.630. The molecule has 2 N–H and O–H groups in total. The van der Waals surface area contributed by atoms with E-state index in [2.05, 4.69) is 4.98 Å². The Kier molecular flexibility index (Phi) is 2.78. The van der Waals surface area contributed by atoms with Crippen molar-refractivity contribution in [3.05, 3.63) is 20.1 Å². The van der Waals surface area contributed by atoms with Gasteiger partial charge in [-0.3, -0.25) is 24.1 Å². The summed E-state index contributed by atoms with van der Waals surface area (Å²) < 4.78 is 0. The Labute approximate surface area is 143 Å². The number of hydrogen-bond donors (Lipinski definition) is 2. The summed E-state index contributed by atoms with van der Waals surface area (Å²) in [6.45, 7) is -0.554. The van der Waals surface area contributed by atoms with Gasteiger partial charge in [-0.25, -0.2) is 0 Å². The molecule has 5 rings (SSSR count). The molecule has 1 aromatic heterocycles. The van der Waals surface area contributed by atoms with E-state index in [1.165, 1.54) is 0 Å². The fourth-order valence-electron chi connectivity index (χ4n) is 4.77. The van der Waals surface area contributed by atoms with Crippen molar-refractivity contribution in [2.75, 3.05) is 6.54 Å². The van der Waals surface area contributed by atoms with Crippen LogP contribution in [0.5, 0.6) is 0 Å². The molecule has 2 aliphatic carbocycles. The number of hydrogen-bond acceptors (Lipinski definition) is 6. The van der Waals surface area contributed by atoms with Gasteiger partial charge >= 0.3 is 10.8 Å². The number of carboxylic acid groups (broad SMARTS) is 1. The largest absolute Gasteiger partial charge is 0.480 e. The van der Waals surface area contributed by atoms with E-state index < -0.39 is 24.3 Å². The van der Waals surface area contributed by atoms with Crippen molar-refractivity contribution >= 4 is 47.0 Å². The topological polar surface area (TPSA) is 108 Å². The first-order valence-corrected chi connectivity index (χ1v) is 9.33. The van der Waals surface area contributed by atoms with Gasteiger partial charge in [0.1, 0.15) is 6.54 Å². The van der Waals surface area contributed by atoms with Gasteiger partial charge in [-0.1, -0.05) is 28.7 Å². The third kappa shape index (κ3) is 1.68. The highest BCUT2D eigenvalue weighted by atomic mass is 32.2. The SMILES string of the molecule is O=C(O)CN1C(=O)[C@@H]2[C@H]3C[C@@H](C4=Cc5sc(=O)[nH]c5S[C@@H]43)[C@H]2C1=O. The molecule has 0 radical (unpaired) electrons. The van der Waals surface area contributed by atoms with Crippen molar-refractivity contribution in [2.45, 2.75) is 16.7 Å². The molecule has 3 heterocycles. The minimum Gasteiger partial charge on any atom is -0.480 e. The number of fused-ring (bicyclic) bond motifs is 9. The van der Waals surface area contributed by atoms with Crippen LogP contribution in [-0.2, 0) is 14.4 Å². The first-order valence-electron chi connectivity index (χ1n) is 7.64. The number of likely N-dealkylation sites (tertiary alicyclic amines) is 1. The average molecular weight is 364 g/mol. The summed E-state index contributed by atoms with van der Waals surface area (Å²) in [7, 11) is 0. The van der Waals surface area contributed by atoms with Crippen LogP contribution in [0.25, 0.3) is 6.08 Å². The van der Waals surface area contributed by atoms with Gasteiger partial charge in [0.15, 0.2) is 0 Å². The Morgan fingerprint density at radius 2 is 2.04 bits per heavy atom. The zero-order chi connectivity index (χ0) is 16.7. The van der Waals surface area contributed by atoms with E-state index in [0.717, 1.165) is 38.1 Å². The molecule has 1 saturated heterocycles. The van der Waals surface area contributed by atoms with Crippen molar-refractivity contribution < 1.29 is 19.5 Å². The maximum atomic E-state index is 12.6. The summed E-state index contributed by atoms with van der Waals surface area (Å²) in [6, 6.07) is 0. The van der Waals surface area contributed by atoms with E-state index in [1.807, 2.05) is 6.08 Å². The van der Waals surface area contributed by atoms with E-state index in [-0.39, 0.29) is 33.8 Å². The molecule has 0 spiro atoms. The third-order valence-electron chi connectivity index (χ3n) is 5.53. The van der Waals surface area contributed by atoms with Crippen molar-refractivity contribution in [3.8, 4) is 0 Å². The summed E-state index contributed by atoms with van der Waals surface area (Å²) in [5.41, 5.74) is 1.13. The van der Waals surface area contributed by atoms with Gasteiger partial charge in [0, 0.05) is 5.25 Å². The number of thiazole rings is 1. The van der Waals surface area contributed by atoms with Crippen LogP contribution in [0.3, 0.4) is 0 Å². The summed E-state index contributed by atoms with van der Waals surface area (Å²) in [5, 5.41) is 9.88. The smallest absolute Gasteiger partial charge is 0.323 e. The summed E-state index contributed by atoms with van der Waals surface area (Å²) >= 11 is 2.72. The van der Waals surface area contributed by atoms with Gasteiger partial charge in [-0.15, -0.1) is 0 Å². The molecule has 2 aliphatic heterocycles. The number of aromatic nitrogens is 1. The Hall–Kier alpha value is -1.87. The number of carbonyl (C=O) groups excluding carboxylic acids is 2. The Bertz CT molecular complexity index is 900. The number of rotatable bonds is 2. The highest BCUT2D eigenvalue weighted by Crippen LogP contribution is 2.64. The first-order chi connectivity index (χ1) is 11.5. The second-order valence-electron chi connectivity index (χ2n) is 6.60. The molecule has 3 fully saturated rings. The third-order valence-corrected chi connectivity index (χ3v) is 7.93. The second-order valence-corrected chi connectivity index (χ2v) is 8.77. The lowest BCUT2D eigenvalue weighted by atomic mass is 9.77. The van der Waals surface area contributed by atoms with Crippen LogP contribution >= 0.6 is 23.1 Å². The first kappa shape index (κ1) is 14.5. The van der Waals surface area contributed by atoms with E-state index in [1.54, 1.807) is 11.8 Å². The number of imide groups is 1. The monoisotopic (exact) mass is 364 g/mol. The molecule has 2 bridgehead atoms. The number of carbonyl (C=O) groups is 3. The average Bonchev–Trinajstić information content (AvgIpc) is 3.21. The standard InChI is InChI=1S/C15H12N2O5S2/c18-8(19)3-17-13(20)9-4-1-6(10(9)14(17)21)11-5(4)2-7-12(24-11)16-15(22)23-7/h2,4,6,9-11H,1,3H2,(H,16,22)(H,18,19)/t4-,6+,9+,10+,11-/m0/s1. The molecule has 2 saturated carbocycles. The van der Waals surface area contributed by atoms with Crippen LogP contribution in [-0.4, -0.2) is 44.6 Å². The molecule has 0 aromatic carbocycles. The zero-order valence-corrected chi connectivity index (χ0v) is 13.9. The number of H-pyrrole nitrogens is 1. The molecular formula is C15H12N2O5S2. The van der Waals surface area contributed by atoms with Crippen LogP contribution < -0.4 is 4.87 Å². The summed E-state index contributed by atoms with van der Waals surface area (Å²) in [5.74, 6) is -2.69. The van der Waals surface area contributed by atoms with Crippen LogP contribution in [0.1, 0.15) is 11.3 Å². The number of nitrogens with zero attached hydrogens (tertiary/aromatic N) is 1. The lowest BCUT2D eigenvalue weighted by Crippen LogP contribution is -2.37. The second kappa shape index (κ2) is 4.60. The molecule has 0 unspecified atom stereocenters. The van der Waals surface area contributed by atoms with Crippen LogP contribution in [0.15, 0.2) is 15.4 Å². The van der Waals surface area contributed by atoms with Gasteiger partial charge in [0.2, 0.25) is 11.8 Å². The number of carboxylic acids is 1. The van der Waals surface area contributed by atoms with E-state index in [0.29, 0.717) is 0 Å². The fraction of sp³-hybridized carbons (Fsp3) is 0.467. The van der Waals surface area contributed by atoms with E-state index in [9.17, 15) is 19.2 Å². The lowest BCUT2D eigenvalue weighted by molar-refractivity contribution is -0.149. The molecule has 1 aromatic rings. The number of aromatic amines is 1. The Morgan fingerprint density at radius 3 is 2.79 bits per heavy atom. The van der Waals surface area contributed by atoms with Crippen molar-refractivity contribution in [2.24, 2.45) is 23.7 Å². The number of thioether (sulfide) groups is 1. The molecule has 7 nitrogen and oxygen atoms in total. The fourth-order valence-corrected chi connectivity index (χ4v) is 7.21. The molecular weight excluding hydrogens is 352 g/mol. The van der Waals surface area contributed by atoms with Crippen molar-refractivity contribution in [3.63, 3.8) is 0 Å². The lowest BCUT2D eigenvalue weighted by Gasteiger charge is -2.32. The highest BCUT2D eigenvalue weighted by Gasteiger charge is 2.66. The van der Waals surface area contributed by atoms with E-state index in [4.69, 9.17) is 5.11 Å². The maximum absolute atomic E-state index is 12.6. The highest BCUT2D eigenvalue weighted by molar-refractivity contribution is 8.00. The van der Waals surface area contributed by atoms with E-state index >= 15 is 0 Å². The van der Waals surface area contributed by atoms with Crippen LogP contribution in [0.4, 0.5) is 0 Å². The number of amides is 2. The molecule has 2 amide bonds. The predicted molar refractivity (Wildman–Crippen MR) is 85.5 cm³/mol. The molecule has 9 heteroatoms. The maximum Gasteiger partial charge on any atom is 0.323 e. The molecule has 24 heavy (non-hydrogen) atoms. The molecule has 124 valence electrons. The van der Waals surface area contributed by atoms with Crippen molar-refractivity contribution in [1.82, 2.24) is 9.88 Å². The zero-order valence-electron chi connectivity index (χ0n) is 12.2. The van der Waals surface area contributed by atoms with Gasteiger partial charge in [-0.2, -0.15) is 0 Å². The van der Waals surface area contributed by atoms with Crippen LogP contribution in [0, 0.1) is 23.7 Å². The summed E-state index contributed by atoms with van der Waals surface area (Å²) in [6.07, 6.45) is 2.79. The van der Waals surface area contributed by atoms with Gasteiger partial charge in [-0.05, 0) is 24.3 Å². The molecule has 4 aliphatic rings. The minimum atomic E-state index is -1.17. The van der Waals surface area contributed by atoms with Gasteiger partial charge < -0.3 is 10.1 Å². The van der Waals surface area contributed by atoms with Gasteiger partial charge in [0.05, 0.1) is 21.7 Å². The number of aliphatic carboxylic acids is 1. The number of nitrogens with one attached hydrogen (secondary N) is 1. The minimum absolute atomic E-state index is 0.0157. The van der Waals surface area contributed by atoms with Crippen molar-refractivity contribution in [1.29, 1.82) is 0 Å². The summed E-state index contributed by atoms with van der Waals surface area (Å²) in [4.78, 5) is 52.2. The quantitative estimate of drug-likeness (QED) is 0.746. The Morgan fingerprint density at radius 1 is 1.29 bits per heavy atom.